The van der Waals surface area contributed by atoms with Gasteiger partial charge in [0.1, 0.15) is 0 Å². The van der Waals surface area contributed by atoms with Crippen molar-refractivity contribution in [1.29, 1.82) is 0 Å². The van der Waals surface area contributed by atoms with Crippen molar-refractivity contribution < 1.29 is 13.5 Å². The van der Waals surface area contributed by atoms with Gasteiger partial charge in [0.2, 0.25) is 0 Å². The van der Waals surface area contributed by atoms with Crippen LogP contribution in [-0.4, -0.2) is 13.5 Å². The molecule has 20 heavy (non-hydrogen) atoms. The van der Waals surface area contributed by atoms with Crippen LogP contribution in [0, 0.1) is 10.5 Å². The molecule has 106 valence electrons. The highest BCUT2D eigenvalue weighted by Crippen LogP contribution is 2.24. The second kappa shape index (κ2) is 6.11. The summed E-state index contributed by atoms with van der Waals surface area (Å²) in [6.45, 7) is 1.51. The zero-order valence-corrected chi connectivity index (χ0v) is 13.8. The molecule has 0 fully saturated rings. The van der Waals surface area contributed by atoms with Crippen molar-refractivity contribution in [1.82, 2.24) is 0 Å². The lowest BCUT2D eigenvalue weighted by Crippen LogP contribution is -2.15. The van der Waals surface area contributed by atoms with Crippen LogP contribution in [0.25, 0.3) is 0 Å². The Bertz CT molecular complexity index is 729. The molecule has 0 aliphatic rings. The van der Waals surface area contributed by atoms with Crippen LogP contribution in [0.3, 0.4) is 0 Å². The number of rotatable bonds is 4. The van der Waals surface area contributed by atoms with Gasteiger partial charge in [-0.15, -0.1) is 0 Å². The second-order valence-electron chi connectivity index (χ2n) is 4.28. The van der Waals surface area contributed by atoms with E-state index in [1.807, 2.05) is 12.1 Å². The van der Waals surface area contributed by atoms with E-state index in [9.17, 15) is 13.5 Å². The van der Waals surface area contributed by atoms with E-state index in [0.29, 0.717) is 16.8 Å². The number of hydrogen-bond acceptors (Lipinski definition) is 3. The van der Waals surface area contributed by atoms with Crippen LogP contribution in [0.5, 0.6) is 0 Å². The maximum Gasteiger partial charge on any atom is 0.262 e. The predicted molar refractivity (Wildman–Crippen MR) is 87.1 cm³/mol. The zero-order valence-electron chi connectivity index (χ0n) is 10.8. The molecule has 0 heterocycles. The lowest BCUT2D eigenvalue weighted by molar-refractivity contribution is 0.280. The fraction of sp³-hybridized carbons (Fsp3) is 0.143. The minimum Gasteiger partial charge on any atom is -0.392 e. The largest absolute Gasteiger partial charge is 0.392 e. The highest BCUT2D eigenvalue weighted by Gasteiger charge is 2.19. The van der Waals surface area contributed by atoms with Gasteiger partial charge in [0.15, 0.2) is 0 Å². The second-order valence-corrected chi connectivity index (χ2v) is 7.10. The van der Waals surface area contributed by atoms with Gasteiger partial charge in [-0.1, -0.05) is 24.3 Å². The van der Waals surface area contributed by atoms with Crippen LogP contribution < -0.4 is 4.72 Å². The van der Waals surface area contributed by atoms with Gasteiger partial charge in [0.05, 0.1) is 17.2 Å². The Morgan fingerprint density at radius 1 is 1.15 bits per heavy atom. The molecule has 0 unspecified atom stereocenters. The Morgan fingerprint density at radius 3 is 2.50 bits per heavy atom. The van der Waals surface area contributed by atoms with Crippen molar-refractivity contribution in [2.75, 3.05) is 4.72 Å². The van der Waals surface area contributed by atoms with Gasteiger partial charge in [0.25, 0.3) is 10.0 Å². The van der Waals surface area contributed by atoms with Crippen molar-refractivity contribution in [2.24, 2.45) is 0 Å². The Morgan fingerprint density at radius 2 is 1.85 bits per heavy atom. The minimum atomic E-state index is -3.67. The van der Waals surface area contributed by atoms with Gasteiger partial charge in [0, 0.05) is 3.57 Å². The molecule has 2 aromatic rings. The monoisotopic (exact) mass is 403 g/mol. The van der Waals surface area contributed by atoms with E-state index >= 15 is 0 Å². The topological polar surface area (TPSA) is 66.4 Å². The Balaban J connectivity index is 2.44. The van der Waals surface area contributed by atoms with Crippen LogP contribution >= 0.6 is 22.6 Å². The number of aliphatic hydroxyl groups is 1. The molecule has 0 aliphatic carbocycles. The summed E-state index contributed by atoms with van der Waals surface area (Å²) in [6.07, 6.45) is 0. The lowest BCUT2D eigenvalue weighted by Gasteiger charge is -2.13. The normalized spacial score (nSPS) is 11.3. The van der Waals surface area contributed by atoms with Crippen LogP contribution in [0.1, 0.15) is 11.1 Å². The number of para-hydroxylation sites is 1. The molecule has 0 bridgehead atoms. The number of benzene rings is 2. The third kappa shape index (κ3) is 3.13. The third-order valence-electron chi connectivity index (χ3n) is 2.97. The van der Waals surface area contributed by atoms with Crippen molar-refractivity contribution in [2.45, 2.75) is 18.4 Å². The van der Waals surface area contributed by atoms with Crippen molar-refractivity contribution in [3.8, 4) is 0 Å². The molecule has 4 nitrogen and oxygen atoms in total. The van der Waals surface area contributed by atoms with E-state index in [-0.39, 0.29) is 11.5 Å². The fourth-order valence-electron chi connectivity index (χ4n) is 1.87. The molecular weight excluding hydrogens is 389 g/mol. The molecule has 0 saturated heterocycles. The summed E-state index contributed by atoms with van der Waals surface area (Å²) in [6, 6.07) is 12.0. The summed E-state index contributed by atoms with van der Waals surface area (Å²) in [5.74, 6) is 0. The number of sulfonamides is 1. The SMILES string of the molecule is Cc1c(CO)cccc1S(=O)(=O)Nc1ccccc1I. The Hall–Kier alpha value is -1.12. The first kappa shape index (κ1) is 15.3. The molecule has 0 saturated carbocycles. The summed E-state index contributed by atoms with van der Waals surface area (Å²) >= 11 is 2.08. The molecule has 0 amide bonds. The van der Waals surface area contributed by atoms with E-state index < -0.39 is 10.0 Å². The van der Waals surface area contributed by atoms with Gasteiger partial charge in [-0.2, -0.15) is 0 Å². The van der Waals surface area contributed by atoms with Crippen molar-refractivity contribution >= 4 is 38.3 Å². The molecular formula is C14H14INO3S. The number of hydrogen-bond donors (Lipinski definition) is 2. The minimum absolute atomic E-state index is 0.182. The summed E-state index contributed by atoms with van der Waals surface area (Å²) < 4.78 is 28.3. The van der Waals surface area contributed by atoms with E-state index in [4.69, 9.17) is 0 Å². The van der Waals surface area contributed by atoms with Gasteiger partial charge < -0.3 is 5.11 Å². The fourth-order valence-corrected chi connectivity index (χ4v) is 3.94. The quantitative estimate of drug-likeness (QED) is 0.772. The number of aliphatic hydroxyl groups excluding tert-OH is 1. The summed E-state index contributed by atoms with van der Waals surface area (Å²) in [4.78, 5) is 0.184. The molecule has 0 aliphatic heterocycles. The first-order valence-corrected chi connectivity index (χ1v) is 8.48. The number of anilines is 1. The lowest BCUT2D eigenvalue weighted by atomic mass is 10.1. The standard InChI is InChI=1S/C14H14INO3S/c1-10-11(9-17)5-4-8-14(10)20(18,19)16-13-7-3-2-6-12(13)15/h2-8,16-17H,9H2,1H3. The molecule has 0 spiro atoms. The maximum atomic E-state index is 12.4. The average molecular weight is 403 g/mol. The predicted octanol–water partition coefficient (Wildman–Crippen LogP) is 2.89. The molecule has 0 atom stereocenters. The Labute approximate surface area is 132 Å². The number of nitrogens with one attached hydrogen (secondary N) is 1. The van der Waals surface area contributed by atoms with Crippen molar-refractivity contribution in [3.63, 3.8) is 0 Å². The molecule has 2 aromatic carbocycles. The highest BCUT2D eigenvalue weighted by atomic mass is 127. The van der Waals surface area contributed by atoms with E-state index in [1.165, 1.54) is 6.07 Å². The Kier molecular flexibility index (Phi) is 4.66. The maximum absolute atomic E-state index is 12.4. The molecule has 0 aromatic heterocycles. The summed E-state index contributed by atoms with van der Waals surface area (Å²) in [5, 5.41) is 9.23. The number of halogens is 1. The van der Waals surface area contributed by atoms with Crippen molar-refractivity contribution in [3.05, 3.63) is 57.2 Å². The summed E-state index contributed by atoms with van der Waals surface area (Å²) in [5.41, 5.74) is 1.71. The first-order valence-electron chi connectivity index (χ1n) is 5.92. The summed E-state index contributed by atoms with van der Waals surface area (Å²) in [7, 11) is -3.67. The van der Waals surface area contributed by atoms with Gasteiger partial charge in [-0.25, -0.2) is 8.42 Å². The smallest absolute Gasteiger partial charge is 0.262 e. The van der Waals surface area contributed by atoms with Crippen LogP contribution in [0.2, 0.25) is 0 Å². The van der Waals surface area contributed by atoms with Gasteiger partial charge in [-0.3, -0.25) is 4.72 Å². The van der Waals surface area contributed by atoms with E-state index in [1.54, 1.807) is 31.2 Å². The molecule has 6 heteroatoms. The zero-order chi connectivity index (χ0) is 14.8. The highest BCUT2D eigenvalue weighted by molar-refractivity contribution is 14.1. The van der Waals surface area contributed by atoms with Gasteiger partial charge in [-0.05, 0) is 58.8 Å². The third-order valence-corrected chi connectivity index (χ3v) is 5.42. The molecule has 0 radical (unpaired) electrons. The van der Waals surface area contributed by atoms with Crippen LogP contribution in [0.15, 0.2) is 47.4 Å². The average Bonchev–Trinajstić information content (AvgIpc) is 2.41. The van der Waals surface area contributed by atoms with E-state index in [0.717, 1.165) is 3.57 Å². The van der Waals surface area contributed by atoms with Crippen LogP contribution in [-0.2, 0) is 16.6 Å². The van der Waals surface area contributed by atoms with E-state index in [2.05, 4.69) is 27.3 Å². The first-order chi connectivity index (χ1) is 9.45. The van der Waals surface area contributed by atoms with Gasteiger partial charge >= 0.3 is 0 Å². The van der Waals surface area contributed by atoms with Crippen LogP contribution in [0.4, 0.5) is 5.69 Å². The molecule has 2 N–H and O–H groups in total. The molecule has 2 rings (SSSR count).